The number of amides is 2. The second-order valence-electron chi connectivity index (χ2n) is 6.72. The molecule has 0 unspecified atom stereocenters. The highest BCUT2D eigenvalue weighted by molar-refractivity contribution is 7.12. The highest BCUT2D eigenvalue weighted by atomic mass is 35.5. The lowest BCUT2D eigenvalue weighted by Crippen LogP contribution is -2.49. The van der Waals surface area contributed by atoms with E-state index in [9.17, 15) is 9.59 Å². The molecule has 4 rings (SSSR count). The molecule has 3 aromatic rings. The number of aromatic nitrogens is 1. The van der Waals surface area contributed by atoms with Crippen molar-refractivity contribution in [3.63, 3.8) is 0 Å². The number of hydrogen-bond donors (Lipinski definition) is 1. The van der Waals surface area contributed by atoms with Crippen molar-refractivity contribution in [1.29, 1.82) is 0 Å². The van der Waals surface area contributed by atoms with Crippen LogP contribution in [0.1, 0.15) is 20.0 Å². The van der Waals surface area contributed by atoms with Gasteiger partial charge in [-0.05, 0) is 41.8 Å². The molecular weight excluding hydrogens is 443 g/mol. The van der Waals surface area contributed by atoms with E-state index in [-0.39, 0.29) is 11.8 Å². The van der Waals surface area contributed by atoms with Crippen LogP contribution in [0.15, 0.2) is 53.9 Å². The lowest BCUT2D eigenvalue weighted by Gasteiger charge is -2.35. The number of anilines is 2. The molecule has 1 N–H and O–H groups in total. The van der Waals surface area contributed by atoms with Crippen LogP contribution in [-0.4, -0.2) is 47.9 Å². The van der Waals surface area contributed by atoms with Gasteiger partial charge in [0.05, 0.1) is 15.6 Å². The Labute approximate surface area is 188 Å². The van der Waals surface area contributed by atoms with E-state index >= 15 is 0 Å². The van der Waals surface area contributed by atoms with Crippen LogP contribution in [0, 0.1) is 0 Å². The number of piperazine rings is 1. The molecule has 30 heavy (non-hydrogen) atoms. The fourth-order valence-electron chi connectivity index (χ4n) is 3.24. The third-order valence-electron chi connectivity index (χ3n) is 4.80. The molecule has 1 saturated heterocycles. The van der Waals surface area contributed by atoms with E-state index in [0.717, 1.165) is 5.82 Å². The van der Waals surface area contributed by atoms with Crippen molar-refractivity contribution in [2.75, 3.05) is 36.4 Å². The number of rotatable bonds is 4. The number of pyridine rings is 1. The zero-order valence-corrected chi connectivity index (χ0v) is 18.2. The summed E-state index contributed by atoms with van der Waals surface area (Å²) in [5.74, 6) is 0.454. The summed E-state index contributed by atoms with van der Waals surface area (Å²) in [5, 5.41) is 5.44. The Balaban J connectivity index is 1.43. The predicted molar refractivity (Wildman–Crippen MR) is 121 cm³/mol. The molecule has 6 nitrogen and oxygen atoms in total. The lowest BCUT2D eigenvalue weighted by atomic mass is 10.1. The van der Waals surface area contributed by atoms with Gasteiger partial charge in [0.25, 0.3) is 11.8 Å². The molecule has 3 heterocycles. The number of thiophene rings is 1. The molecule has 1 aliphatic rings. The summed E-state index contributed by atoms with van der Waals surface area (Å²) >= 11 is 13.5. The van der Waals surface area contributed by atoms with Gasteiger partial charge in [-0.3, -0.25) is 9.59 Å². The van der Waals surface area contributed by atoms with Crippen LogP contribution in [0.2, 0.25) is 10.2 Å². The van der Waals surface area contributed by atoms with Crippen LogP contribution < -0.4 is 10.2 Å². The Morgan fingerprint density at radius 3 is 2.50 bits per heavy atom. The van der Waals surface area contributed by atoms with Crippen LogP contribution in [0.25, 0.3) is 0 Å². The quantitative estimate of drug-likeness (QED) is 0.574. The summed E-state index contributed by atoms with van der Waals surface area (Å²) < 4.78 is 0. The minimum Gasteiger partial charge on any atom is -0.353 e. The largest absolute Gasteiger partial charge is 0.353 e. The maximum absolute atomic E-state index is 13.0. The lowest BCUT2D eigenvalue weighted by molar-refractivity contribution is 0.0746. The summed E-state index contributed by atoms with van der Waals surface area (Å²) in [6.07, 6.45) is 0. The van der Waals surface area contributed by atoms with Crippen molar-refractivity contribution < 1.29 is 9.59 Å². The van der Waals surface area contributed by atoms with Crippen molar-refractivity contribution in [3.05, 3.63) is 74.5 Å². The minimum absolute atomic E-state index is 0.100. The first kappa shape index (κ1) is 20.7. The van der Waals surface area contributed by atoms with Gasteiger partial charge in [0, 0.05) is 31.7 Å². The maximum atomic E-state index is 13.0. The monoisotopic (exact) mass is 460 g/mol. The highest BCUT2D eigenvalue weighted by Gasteiger charge is 2.23. The molecule has 0 atom stereocenters. The predicted octanol–water partition coefficient (Wildman–Crippen LogP) is 4.66. The smallest absolute Gasteiger partial charge is 0.265 e. The van der Waals surface area contributed by atoms with Crippen molar-refractivity contribution in [2.24, 2.45) is 0 Å². The van der Waals surface area contributed by atoms with E-state index in [4.69, 9.17) is 23.2 Å². The van der Waals surface area contributed by atoms with Crippen molar-refractivity contribution in [2.45, 2.75) is 0 Å². The summed E-state index contributed by atoms with van der Waals surface area (Å²) in [7, 11) is 0. The summed E-state index contributed by atoms with van der Waals surface area (Å²) in [4.78, 5) is 34.1. The van der Waals surface area contributed by atoms with E-state index in [1.54, 1.807) is 41.3 Å². The average molecular weight is 461 g/mol. The van der Waals surface area contributed by atoms with Gasteiger partial charge >= 0.3 is 0 Å². The maximum Gasteiger partial charge on any atom is 0.265 e. The first-order valence-electron chi connectivity index (χ1n) is 9.32. The summed E-state index contributed by atoms with van der Waals surface area (Å²) in [5.41, 5.74) is 0.901. The summed E-state index contributed by atoms with van der Waals surface area (Å²) in [6, 6.07) is 14.0. The second-order valence-corrected chi connectivity index (χ2v) is 8.47. The molecule has 0 spiro atoms. The number of nitrogens with zero attached hydrogens (tertiary/aromatic N) is 3. The number of hydrogen-bond acceptors (Lipinski definition) is 5. The molecule has 0 radical (unpaired) electrons. The molecular formula is C21H18Cl2N4O2S. The van der Waals surface area contributed by atoms with Crippen LogP contribution >= 0.6 is 34.5 Å². The Kier molecular flexibility index (Phi) is 6.22. The number of nitrogens with one attached hydrogen (secondary N) is 1. The van der Waals surface area contributed by atoms with Gasteiger partial charge in [-0.25, -0.2) is 4.98 Å². The van der Waals surface area contributed by atoms with Crippen LogP contribution in [0.5, 0.6) is 0 Å². The molecule has 154 valence electrons. The molecule has 1 aliphatic heterocycles. The normalized spacial score (nSPS) is 13.9. The zero-order chi connectivity index (χ0) is 21.1. The second kappa shape index (κ2) is 9.04. The van der Waals surface area contributed by atoms with E-state index < -0.39 is 0 Å². The molecule has 2 amide bonds. The molecule has 0 bridgehead atoms. The van der Waals surface area contributed by atoms with E-state index in [2.05, 4.69) is 15.2 Å². The Bertz CT molecular complexity index is 1070. The van der Waals surface area contributed by atoms with Gasteiger partial charge in [-0.1, -0.05) is 35.3 Å². The van der Waals surface area contributed by atoms with Gasteiger partial charge < -0.3 is 15.1 Å². The third-order valence-corrected chi connectivity index (χ3v) is 6.21. The van der Waals surface area contributed by atoms with Crippen molar-refractivity contribution in [3.8, 4) is 0 Å². The molecule has 2 aromatic heterocycles. The van der Waals surface area contributed by atoms with Gasteiger partial charge in [0.1, 0.15) is 11.0 Å². The fourth-order valence-corrected chi connectivity index (χ4v) is 4.18. The number of carbonyl (C=O) groups is 2. The topological polar surface area (TPSA) is 65.5 Å². The minimum atomic E-state index is -0.251. The molecule has 1 aromatic carbocycles. The number of carbonyl (C=O) groups excluding carboxylic acids is 2. The highest BCUT2D eigenvalue weighted by Crippen LogP contribution is 2.25. The number of benzene rings is 1. The van der Waals surface area contributed by atoms with Gasteiger partial charge in [0.15, 0.2) is 0 Å². The SMILES string of the molecule is O=C(Nc1cc(C(=O)N2CCN(c3cccc(Cl)n3)CC2)ccc1Cl)c1cccs1. The first-order valence-corrected chi connectivity index (χ1v) is 11.0. The van der Waals surface area contributed by atoms with Gasteiger partial charge in [-0.2, -0.15) is 0 Å². The molecule has 0 saturated carbocycles. The van der Waals surface area contributed by atoms with Crippen LogP contribution in [0.4, 0.5) is 11.5 Å². The van der Waals surface area contributed by atoms with Crippen LogP contribution in [0.3, 0.4) is 0 Å². The molecule has 9 heteroatoms. The Hall–Kier alpha value is -2.61. The Morgan fingerprint density at radius 1 is 1.00 bits per heavy atom. The molecule has 0 aliphatic carbocycles. The van der Waals surface area contributed by atoms with E-state index in [1.165, 1.54) is 11.3 Å². The average Bonchev–Trinajstić information content (AvgIpc) is 3.30. The Morgan fingerprint density at radius 2 is 1.80 bits per heavy atom. The number of halogens is 2. The van der Waals surface area contributed by atoms with E-state index in [0.29, 0.717) is 52.5 Å². The van der Waals surface area contributed by atoms with Gasteiger partial charge in [-0.15, -0.1) is 11.3 Å². The zero-order valence-electron chi connectivity index (χ0n) is 15.8. The van der Waals surface area contributed by atoms with Crippen LogP contribution in [-0.2, 0) is 0 Å². The van der Waals surface area contributed by atoms with E-state index in [1.807, 2.05) is 17.5 Å². The molecule has 1 fully saturated rings. The van der Waals surface area contributed by atoms with Crippen molar-refractivity contribution >= 4 is 57.9 Å². The first-order chi connectivity index (χ1) is 14.5. The fraction of sp³-hybridized carbons (Fsp3) is 0.190. The standard InChI is InChI=1S/C21H18Cl2N4O2S/c22-15-7-6-14(13-16(15)24-20(28)17-3-2-12-30-17)21(29)27-10-8-26(9-11-27)19-5-1-4-18(23)25-19/h1-7,12-13H,8-11H2,(H,24,28). The summed E-state index contributed by atoms with van der Waals surface area (Å²) in [6.45, 7) is 2.45. The van der Waals surface area contributed by atoms with Crippen molar-refractivity contribution in [1.82, 2.24) is 9.88 Å². The van der Waals surface area contributed by atoms with Gasteiger partial charge in [0.2, 0.25) is 0 Å². The third kappa shape index (κ3) is 4.59.